The molecule has 2 aromatic rings. The van der Waals surface area contributed by atoms with Gasteiger partial charge in [-0.25, -0.2) is 4.79 Å². The van der Waals surface area contributed by atoms with Crippen molar-refractivity contribution in [2.45, 2.75) is 26.3 Å². The summed E-state index contributed by atoms with van der Waals surface area (Å²) in [4.78, 5) is 23.2. The summed E-state index contributed by atoms with van der Waals surface area (Å²) in [5.41, 5.74) is 0.288. The van der Waals surface area contributed by atoms with Crippen LogP contribution in [0, 0.1) is 0 Å². The summed E-state index contributed by atoms with van der Waals surface area (Å²) in [5, 5.41) is 10.2. The maximum absolute atomic E-state index is 11.9. The van der Waals surface area contributed by atoms with Gasteiger partial charge in [0.2, 0.25) is 0 Å². The quantitative estimate of drug-likeness (QED) is 0.935. The zero-order valence-electron chi connectivity index (χ0n) is 10.5. The van der Waals surface area contributed by atoms with Crippen molar-refractivity contribution in [2.24, 2.45) is 0 Å². The molecule has 100 valence electrons. The Morgan fingerprint density at radius 1 is 1.37 bits per heavy atom. The number of unbranched alkanes of at least 4 members (excludes halogenated alkanes) is 1. The van der Waals surface area contributed by atoms with Crippen LogP contribution in [0.2, 0.25) is 5.02 Å². The Morgan fingerprint density at radius 3 is 2.74 bits per heavy atom. The standard InChI is InChI=1S/C14H14ClNO3/c1-2-3-6-16-11-7-9(15)4-5-10(11)13(17)8-12(16)14(18)19/h4-5,7-8H,2-3,6H2,1H3,(H,18,19). The van der Waals surface area contributed by atoms with Gasteiger partial charge in [-0.05, 0) is 24.6 Å². The van der Waals surface area contributed by atoms with Crippen LogP contribution in [0.1, 0.15) is 30.3 Å². The van der Waals surface area contributed by atoms with Crippen LogP contribution in [-0.4, -0.2) is 15.6 Å². The molecule has 1 heterocycles. The molecule has 0 unspecified atom stereocenters. The number of aryl methyl sites for hydroxylation is 1. The molecule has 0 saturated heterocycles. The molecule has 1 N–H and O–H groups in total. The van der Waals surface area contributed by atoms with Crippen molar-refractivity contribution in [1.29, 1.82) is 0 Å². The summed E-state index contributed by atoms with van der Waals surface area (Å²) in [6, 6.07) is 6.08. The Morgan fingerprint density at radius 2 is 2.11 bits per heavy atom. The van der Waals surface area contributed by atoms with Crippen molar-refractivity contribution in [2.75, 3.05) is 0 Å². The zero-order valence-corrected chi connectivity index (χ0v) is 11.3. The lowest BCUT2D eigenvalue weighted by atomic mass is 10.1. The molecule has 1 aromatic heterocycles. The van der Waals surface area contributed by atoms with Gasteiger partial charge in [0.15, 0.2) is 5.43 Å². The van der Waals surface area contributed by atoms with E-state index in [0.29, 0.717) is 22.5 Å². The van der Waals surface area contributed by atoms with Crippen LogP contribution < -0.4 is 5.43 Å². The monoisotopic (exact) mass is 279 g/mol. The fourth-order valence-corrected chi connectivity index (χ4v) is 2.25. The highest BCUT2D eigenvalue weighted by molar-refractivity contribution is 6.31. The van der Waals surface area contributed by atoms with Gasteiger partial charge in [-0.1, -0.05) is 24.9 Å². The first-order valence-corrected chi connectivity index (χ1v) is 6.48. The summed E-state index contributed by atoms with van der Waals surface area (Å²) in [7, 11) is 0. The topological polar surface area (TPSA) is 59.3 Å². The van der Waals surface area contributed by atoms with Crippen molar-refractivity contribution in [3.8, 4) is 0 Å². The Labute approximate surface area is 115 Å². The molecule has 0 aliphatic carbocycles. The molecule has 0 spiro atoms. The van der Waals surface area contributed by atoms with Crippen LogP contribution in [0.5, 0.6) is 0 Å². The minimum atomic E-state index is -1.10. The number of nitrogens with zero attached hydrogens (tertiary/aromatic N) is 1. The first-order valence-electron chi connectivity index (χ1n) is 6.11. The third-order valence-corrected chi connectivity index (χ3v) is 3.26. The summed E-state index contributed by atoms with van der Waals surface area (Å²) in [6.07, 6.45) is 1.78. The predicted molar refractivity (Wildman–Crippen MR) is 75.1 cm³/mol. The molecule has 0 aliphatic rings. The van der Waals surface area contributed by atoms with Crippen molar-refractivity contribution in [1.82, 2.24) is 4.57 Å². The van der Waals surface area contributed by atoms with E-state index in [0.717, 1.165) is 12.8 Å². The van der Waals surface area contributed by atoms with Gasteiger partial charge in [-0.2, -0.15) is 0 Å². The Bertz CT molecular complexity index is 691. The van der Waals surface area contributed by atoms with E-state index in [1.54, 1.807) is 22.8 Å². The van der Waals surface area contributed by atoms with Gasteiger partial charge in [0.1, 0.15) is 5.69 Å². The van der Waals surface area contributed by atoms with Crippen molar-refractivity contribution in [3.05, 3.63) is 45.2 Å². The third kappa shape index (κ3) is 2.63. The SMILES string of the molecule is CCCCn1c(C(=O)O)cc(=O)c2ccc(Cl)cc21. The van der Waals surface area contributed by atoms with Crippen molar-refractivity contribution < 1.29 is 9.90 Å². The molecule has 19 heavy (non-hydrogen) atoms. The molecule has 0 radical (unpaired) electrons. The summed E-state index contributed by atoms with van der Waals surface area (Å²) in [6.45, 7) is 2.58. The number of benzene rings is 1. The van der Waals surface area contributed by atoms with E-state index in [2.05, 4.69) is 0 Å². The molecule has 1 aromatic carbocycles. The maximum Gasteiger partial charge on any atom is 0.352 e. The number of aromatic carboxylic acids is 1. The fourth-order valence-electron chi connectivity index (χ4n) is 2.08. The average molecular weight is 280 g/mol. The molecule has 0 amide bonds. The van der Waals surface area contributed by atoms with E-state index in [1.807, 2.05) is 6.92 Å². The number of rotatable bonds is 4. The minimum Gasteiger partial charge on any atom is -0.477 e. The summed E-state index contributed by atoms with van der Waals surface area (Å²) in [5.74, 6) is -1.10. The van der Waals surface area contributed by atoms with Crippen LogP contribution in [0.3, 0.4) is 0 Å². The highest BCUT2D eigenvalue weighted by atomic mass is 35.5. The van der Waals surface area contributed by atoms with Crippen LogP contribution in [0.4, 0.5) is 0 Å². The Hall–Kier alpha value is -1.81. The Balaban J connectivity index is 2.80. The predicted octanol–water partition coefficient (Wildman–Crippen LogP) is 3.15. The molecule has 0 atom stereocenters. The average Bonchev–Trinajstić information content (AvgIpc) is 2.37. The number of aromatic nitrogens is 1. The normalized spacial score (nSPS) is 10.8. The molecule has 0 saturated carbocycles. The molecular weight excluding hydrogens is 266 g/mol. The van der Waals surface area contributed by atoms with E-state index < -0.39 is 5.97 Å². The molecule has 0 bridgehead atoms. The molecule has 0 aliphatic heterocycles. The highest BCUT2D eigenvalue weighted by Crippen LogP contribution is 2.19. The minimum absolute atomic E-state index is 0.00761. The largest absolute Gasteiger partial charge is 0.477 e. The van der Waals surface area contributed by atoms with Crippen molar-refractivity contribution in [3.63, 3.8) is 0 Å². The summed E-state index contributed by atoms with van der Waals surface area (Å²) < 4.78 is 1.65. The zero-order chi connectivity index (χ0) is 14.0. The number of pyridine rings is 1. The number of fused-ring (bicyclic) bond motifs is 1. The molecular formula is C14H14ClNO3. The van der Waals surface area contributed by atoms with Crippen LogP contribution in [0.15, 0.2) is 29.1 Å². The van der Waals surface area contributed by atoms with E-state index >= 15 is 0 Å². The first-order chi connectivity index (χ1) is 9.04. The van der Waals surface area contributed by atoms with Crippen LogP contribution >= 0.6 is 11.6 Å². The lowest BCUT2D eigenvalue weighted by Gasteiger charge is -2.14. The second-order valence-corrected chi connectivity index (χ2v) is 4.80. The van der Waals surface area contributed by atoms with E-state index in [9.17, 15) is 14.7 Å². The fraction of sp³-hybridized carbons (Fsp3) is 0.286. The van der Waals surface area contributed by atoms with Gasteiger partial charge in [0.05, 0.1) is 5.52 Å². The number of hydrogen-bond donors (Lipinski definition) is 1. The van der Waals surface area contributed by atoms with Crippen molar-refractivity contribution >= 4 is 28.5 Å². The number of carboxylic acids is 1. The van der Waals surface area contributed by atoms with Gasteiger partial charge >= 0.3 is 5.97 Å². The number of carboxylic acid groups (broad SMARTS) is 1. The van der Waals surface area contributed by atoms with Gasteiger partial charge in [0.25, 0.3) is 0 Å². The lowest BCUT2D eigenvalue weighted by molar-refractivity contribution is 0.0684. The van der Waals surface area contributed by atoms with Gasteiger partial charge in [-0.3, -0.25) is 4.79 Å². The molecule has 5 heteroatoms. The van der Waals surface area contributed by atoms with E-state index in [-0.39, 0.29) is 11.1 Å². The first kappa shape index (κ1) is 13.6. The summed E-state index contributed by atoms with van der Waals surface area (Å²) >= 11 is 5.95. The molecule has 0 fully saturated rings. The number of carbonyl (C=O) groups is 1. The smallest absolute Gasteiger partial charge is 0.352 e. The second kappa shape index (κ2) is 5.45. The number of hydrogen-bond acceptors (Lipinski definition) is 2. The van der Waals surface area contributed by atoms with Gasteiger partial charge in [-0.15, -0.1) is 0 Å². The highest BCUT2D eigenvalue weighted by Gasteiger charge is 2.14. The maximum atomic E-state index is 11.9. The number of halogens is 1. The van der Waals surface area contributed by atoms with Gasteiger partial charge < -0.3 is 9.67 Å². The van der Waals surface area contributed by atoms with Crippen LogP contribution in [-0.2, 0) is 6.54 Å². The second-order valence-electron chi connectivity index (χ2n) is 4.37. The van der Waals surface area contributed by atoms with E-state index in [4.69, 9.17) is 11.6 Å². The molecule has 4 nitrogen and oxygen atoms in total. The third-order valence-electron chi connectivity index (χ3n) is 3.03. The lowest BCUT2D eigenvalue weighted by Crippen LogP contribution is -2.18. The Kier molecular flexibility index (Phi) is 3.90. The molecule has 2 rings (SSSR count). The van der Waals surface area contributed by atoms with Gasteiger partial charge in [0, 0.05) is 23.0 Å². The van der Waals surface area contributed by atoms with Crippen LogP contribution in [0.25, 0.3) is 10.9 Å². The van der Waals surface area contributed by atoms with E-state index in [1.165, 1.54) is 6.07 Å².